The molecule has 4 nitrogen and oxygen atoms in total. The number of primary amides is 1. The lowest BCUT2D eigenvalue weighted by atomic mass is 10.1. The summed E-state index contributed by atoms with van der Waals surface area (Å²) in [5.74, 6) is -0.222. The molecule has 1 unspecified atom stereocenters. The van der Waals surface area contributed by atoms with Crippen LogP contribution in [0.3, 0.4) is 0 Å². The average molecular weight is 239 g/mol. The predicted molar refractivity (Wildman–Crippen MR) is 65.2 cm³/mol. The van der Waals surface area contributed by atoms with E-state index in [9.17, 15) is 9.18 Å². The second kappa shape index (κ2) is 6.85. The molecule has 0 radical (unpaired) electrons. The second-order valence-electron chi connectivity index (χ2n) is 3.98. The Kier molecular flexibility index (Phi) is 5.42. The van der Waals surface area contributed by atoms with E-state index >= 15 is 0 Å². The van der Waals surface area contributed by atoms with Gasteiger partial charge in [-0.05, 0) is 31.0 Å². The smallest absolute Gasteiger partial charge is 0.312 e. The maximum atomic E-state index is 12.7. The van der Waals surface area contributed by atoms with Gasteiger partial charge in [0.1, 0.15) is 5.82 Å². The number of urea groups is 1. The minimum Gasteiger partial charge on any atom is -0.352 e. The van der Waals surface area contributed by atoms with Gasteiger partial charge >= 0.3 is 6.03 Å². The van der Waals surface area contributed by atoms with Crippen molar-refractivity contribution in [3.05, 3.63) is 35.6 Å². The second-order valence-corrected chi connectivity index (χ2v) is 3.98. The van der Waals surface area contributed by atoms with Crippen molar-refractivity contribution in [1.29, 1.82) is 0 Å². The van der Waals surface area contributed by atoms with Crippen molar-refractivity contribution in [2.75, 3.05) is 13.1 Å². The highest BCUT2D eigenvalue weighted by molar-refractivity contribution is 5.71. The zero-order valence-corrected chi connectivity index (χ0v) is 9.87. The highest BCUT2D eigenvalue weighted by Crippen LogP contribution is 2.05. The van der Waals surface area contributed by atoms with Gasteiger partial charge in [-0.25, -0.2) is 9.18 Å². The van der Waals surface area contributed by atoms with Crippen molar-refractivity contribution >= 4 is 6.03 Å². The number of carbonyl (C=O) groups excluding carboxylic acids is 1. The minimum atomic E-state index is -0.516. The third kappa shape index (κ3) is 5.87. The van der Waals surface area contributed by atoms with Crippen LogP contribution >= 0.6 is 0 Å². The SMILES string of the molecule is CC(Cc1ccc(F)cc1)NCCNC(N)=O. The lowest BCUT2D eigenvalue weighted by Gasteiger charge is -2.13. The van der Waals surface area contributed by atoms with Crippen LogP contribution in [0.4, 0.5) is 9.18 Å². The Morgan fingerprint density at radius 2 is 2.00 bits per heavy atom. The normalized spacial score (nSPS) is 12.1. The highest BCUT2D eigenvalue weighted by atomic mass is 19.1. The highest BCUT2D eigenvalue weighted by Gasteiger charge is 2.03. The van der Waals surface area contributed by atoms with Crippen LogP contribution in [0.5, 0.6) is 0 Å². The molecule has 4 N–H and O–H groups in total. The van der Waals surface area contributed by atoms with Crippen LogP contribution in [0.1, 0.15) is 12.5 Å². The van der Waals surface area contributed by atoms with E-state index in [0.717, 1.165) is 12.0 Å². The molecule has 1 aromatic rings. The monoisotopic (exact) mass is 239 g/mol. The molecular formula is C12H18FN3O. The number of hydrogen-bond acceptors (Lipinski definition) is 2. The Morgan fingerprint density at radius 3 is 2.59 bits per heavy atom. The van der Waals surface area contributed by atoms with Crippen molar-refractivity contribution < 1.29 is 9.18 Å². The molecule has 0 saturated carbocycles. The van der Waals surface area contributed by atoms with Crippen molar-refractivity contribution in [2.45, 2.75) is 19.4 Å². The maximum absolute atomic E-state index is 12.7. The number of carbonyl (C=O) groups is 1. The van der Waals surface area contributed by atoms with Gasteiger partial charge in [0.2, 0.25) is 0 Å². The number of nitrogens with two attached hydrogens (primary N) is 1. The number of rotatable bonds is 6. The summed E-state index contributed by atoms with van der Waals surface area (Å²) in [5, 5.41) is 5.74. The molecule has 1 atom stereocenters. The van der Waals surface area contributed by atoms with Gasteiger partial charge in [-0.3, -0.25) is 0 Å². The van der Waals surface area contributed by atoms with Crippen LogP contribution in [0.2, 0.25) is 0 Å². The molecule has 1 rings (SSSR count). The Hall–Kier alpha value is -1.62. The van der Waals surface area contributed by atoms with Crippen molar-refractivity contribution in [3.63, 3.8) is 0 Å². The maximum Gasteiger partial charge on any atom is 0.312 e. The molecule has 17 heavy (non-hydrogen) atoms. The number of hydrogen-bond donors (Lipinski definition) is 3. The van der Waals surface area contributed by atoms with Gasteiger partial charge in [-0.2, -0.15) is 0 Å². The molecule has 1 aromatic carbocycles. The molecule has 0 saturated heterocycles. The first-order valence-corrected chi connectivity index (χ1v) is 5.59. The van der Waals surface area contributed by atoms with E-state index in [1.165, 1.54) is 12.1 Å². The molecule has 0 heterocycles. The van der Waals surface area contributed by atoms with Crippen LogP contribution in [-0.2, 0) is 6.42 Å². The molecular weight excluding hydrogens is 221 g/mol. The number of benzene rings is 1. The Labute approximate surface area is 100 Å². The number of nitrogens with one attached hydrogen (secondary N) is 2. The zero-order chi connectivity index (χ0) is 12.7. The van der Waals surface area contributed by atoms with E-state index in [0.29, 0.717) is 13.1 Å². The third-order valence-electron chi connectivity index (χ3n) is 2.37. The first kappa shape index (κ1) is 13.4. The minimum absolute atomic E-state index is 0.222. The van der Waals surface area contributed by atoms with Gasteiger partial charge in [0, 0.05) is 19.1 Å². The van der Waals surface area contributed by atoms with E-state index < -0.39 is 6.03 Å². The molecule has 0 aliphatic heterocycles. The topological polar surface area (TPSA) is 67.2 Å². The van der Waals surface area contributed by atoms with Gasteiger partial charge in [0.15, 0.2) is 0 Å². The largest absolute Gasteiger partial charge is 0.352 e. The first-order valence-electron chi connectivity index (χ1n) is 5.59. The van der Waals surface area contributed by atoms with Crippen LogP contribution < -0.4 is 16.4 Å². The zero-order valence-electron chi connectivity index (χ0n) is 9.87. The van der Waals surface area contributed by atoms with Gasteiger partial charge < -0.3 is 16.4 Å². The lowest BCUT2D eigenvalue weighted by molar-refractivity contribution is 0.249. The molecule has 0 aliphatic rings. The number of halogens is 1. The van der Waals surface area contributed by atoms with Crippen molar-refractivity contribution in [1.82, 2.24) is 10.6 Å². The summed E-state index contributed by atoms with van der Waals surface area (Å²) < 4.78 is 12.7. The predicted octanol–water partition coefficient (Wildman–Crippen LogP) is 1.01. The van der Waals surface area contributed by atoms with E-state index in [4.69, 9.17) is 5.73 Å². The van der Waals surface area contributed by atoms with Gasteiger partial charge in [-0.15, -0.1) is 0 Å². The Morgan fingerprint density at radius 1 is 1.35 bits per heavy atom. The molecule has 0 spiro atoms. The lowest BCUT2D eigenvalue weighted by Crippen LogP contribution is -2.38. The summed E-state index contributed by atoms with van der Waals surface area (Å²) in [4.78, 5) is 10.4. The molecule has 0 aliphatic carbocycles. The third-order valence-corrected chi connectivity index (χ3v) is 2.37. The molecule has 0 fully saturated rings. The fraction of sp³-hybridized carbons (Fsp3) is 0.417. The summed E-state index contributed by atoms with van der Waals surface area (Å²) in [6.45, 7) is 3.20. The first-order chi connectivity index (χ1) is 8.08. The summed E-state index contributed by atoms with van der Waals surface area (Å²) in [6, 6.07) is 6.20. The molecule has 0 bridgehead atoms. The van der Waals surface area contributed by atoms with E-state index in [2.05, 4.69) is 10.6 Å². The fourth-order valence-corrected chi connectivity index (χ4v) is 1.55. The standard InChI is InChI=1S/C12H18FN3O/c1-9(15-6-7-16-12(14)17)8-10-2-4-11(13)5-3-10/h2-5,9,15H,6-8H2,1H3,(H3,14,16,17). The van der Waals surface area contributed by atoms with Gasteiger partial charge in [0.25, 0.3) is 0 Å². The summed E-state index contributed by atoms with van der Waals surface area (Å²) in [5.41, 5.74) is 6.01. The quantitative estimate of drug-likeness (QED) is 0.649. The summed E-state index contributed by atoms with van der Waals surface area (Å²) >= 11 is 0. The van der Waals surface area contributed by atoms with E-state index in [1.807, 2.05) is 6.92 Å². The fourth-order valence-electron chi connectivity index (χ4n) is 1.55. The summed E-state index contributed by atoms with van der Waals surface area (Å²) in [7, 11) is 0. The van der Waals surface area contributed by atoms with E-state index in [1.54, 1.807) is 12.1 Å². The van der Waals surface area contributed by atoms with Crippen LogP contribution in [0, 0.1) is 5.82 Å². The van der Waals surface area contributed by atoms with E-state index in [-0.39, 0.29) is 11.9 Å². The van der Waals surface area contributed by atoms with Gasteiger partial charge in [0.05, 0.1) is 0 Å². The Bertz CT molecular complexity index is 353. The molecule has 0 aromatic heterocycles. The average Bonchev–Trinajstić information content (AvgIpc) is 2.27. The van der Waals surface area contributed by atoms with Crippen molar-refractivity contribution in [2.24, 2.45) is 5.73 Å². The van der Waals surface area contributed by atoms with Crippen molar-refractivity contribution in [3.8, 4) is 0 Å². The Balaban J connectivity index is 2.22. The number of amides is 2. The van der Waals surface area contributed by atoms with Crippen LogP contribution in [0.15, 0.2) is 24.3 Å². The van der Waals surface area contributed by atoms with Crippen LogP contribution in [-0.4, -0.2) is 25.2 Å². The van der Waals surface area contributed by atoms with Gasteiger partial charge in [-0.1, -0.05) is 12.1 Å². The molecule has 5 heteroatoms. The summed E-state index contributed by atoms with van der Waals surface area (Å²) in [6.07, 6.45) is 0.816. The molecule has 94 valence electrons. The van der Waals surface area contributed by atoms with Crippen LogP contribution in [0.25, 0.3) is 0 Å². The molecule has 2 amide bonds.